The zero-order valence-corrected chi connectivity index (χ0v) is 33.5. The van der Waals surface area contributed by atoms with E-state index in [1.807, 2.05) is 0 Å². The Morgan fingerprint density at radius 3 is 1.70 bits per heavy atom. The molecule has 1 aliphatic carbocycles. The van der Waals surface area contributed by atoms with Crippen LogP contribution in [0.5, 0.6) is 0 Å². The maximum Gasteiger partial charge on any atom is 0.0714 e. The van der Waals surface area contributed by atoms with Crippen molar-refractivity contribution in [3.05, 3.63) is 265 Å². The number of fused-ring (bicyclic) bond motifs is 7. The van der Waals surface area contributed by atoms with Crippen LogP contribution >= 0.6 is 0 Å². The van der Waals surface area contributed by atoms with Crippen molar-refractivity contribution in [1.29, 1.82) is 0 Å². The molecule has 61 heavy (non-hydrogen) atoms. The van der Waals surface area contributed by atoms with E-state index >= 15 is 0 Å². The van der Waals surface area contributed by atoms with Gasteiger partial charge in [-0.15, -0.1) is 0 Å². The van der Waals surface area contributed by atoms with E-state index in [2.05, 4.69) is 252 Å². The maximum atomic E-state index is 2.47. The van der Waals surface area contributed by atoms with Gasteiger partial charge in [0.25, 0.3) is 0 Å². The molecule has 11 aromatic rings. The Hall–Kier alpha value is -7.94. The first-order chi connectivity index (χ1) is 30.3. The van der Waals surface area contributed by atoms with E-state index in [0.29, 0.717) is 0 Å². The Labute approximate surface area is 355 Å². The van der Waals surface area contributed by atoms with Crippen LogP contribution in [0.1, 0.15) is 22.3 Å². The molecule has 0 bridgehead atoms. The summed E-state index contributed by atoms with van der Waals surface area (Å²) in [4.78, 5) is 2.46. The van der Waals surface area contributed by atoms with Gasteiger partial charge in [-0.2, -0.15) is 0 Å². The Morgan fingerprint density at radius 1 is 0.344 bits per heavy atom. The lowest BCUT2D eigenvalue weighted by Gasteiger charge is -2.35. The van der Waals surface area contributed by atoms with Gasteiger partial charge in [-0.25, -0.2) is 0 Å². The fourth-order valence-electron chi connectivity index (χ4n) is 10.2. The van der Waals surface area contributed by atoms with Crippen LogP contribution < -0.4 is 4.90 Å². The Kier molecular flexibility index (Phi) is 8.11. The minimum absolute atomic E-state index is 0.521. The van der Waals surface area contributed by atoms with Crippen molar-refractivity contribution in [2.75, 3.05) is 4.90 Å². The predicted molar refractivity (Wildman–Crippen MR) is 256 cm³/mol. The minimum atomic E-state index is -0.521. The van der Waals surface area contributed by atoms with Crippen LogP contribution in [0.15, 0.2) is 243 Å². The van der Waals surface area contributed by atoms with Crippen molar-refractivity contribution in [3.8, 4) is 27.9 Å². The molecule has 2 nitrogen and oxygen atoms in total. The van der Waals surface area contributed by atoms with E-state index in [1.54, 1.807) is 0 Å². The van der Waals surface area contributed by atoms with E-state index < -0.39 is 5.41 Å². The first-order valence-corrected chi connectivity index (χ1v) is 21.1. The highest BCUT2D eigenvalue weighted by Gasteiger charge is 2.46. The van der Waals surface area contributed by atoms with E-state index in [9.17, 15) is 0 Å². The monoisotopic (exact) mass is 776 g/mol. The molecule has 1 heterocycles. The summed E-state index contributed by atoms with van der Waals surface area (Å²) in [6, 6.07) is 89.2. The van der Waals surface area contributed by atoms with Gasteiger partial charge in [0.05, 0.1) is 16.4 Å². The number of aromatic nitrogens is 1. The van der Waals surface area contributed by atoms with E-state index in [-0.39, 0.29) is 0 Å². The molecule has 10 aromatic carbocycles. The first-order valence-electron chi connectivity index (χ1n) is 21.1. The number of nitrogens with zero attached hydrogens (tertiary/aromatic N) is 2. The first kappa shape index (κ1) is 35.0. The zero-order chi connectivity index (χ0) is 40.3. The SMILES string of the molecule is c1ccc(N(c2ccc3c(c2)C(c2ccccc2)(c2ccccc2)c2ccccc2-3)c2cc(-c3ccc4ccccc4c3)c3c4ccccc4n(-c4ccccc4)c3c2)cc1. The summed E-state index contributed by atoms with van der Waals surface area (Å²) >= 11 is 0. The Balaban J connectivity index is 1.18. The zero-order valence-electron chi connectivity index (χ0n) is 33.5. The van der Waals surface area contributed by atoms with Crippen LogP contribution in [0.3, 0.4) is 0 Å². The van der Waals surface area contributed by atoms with Crippen LogP contribution in [-0.2, 0) is 5.41 Å². The second-order valence-electron chi connectivity index (χ2n) is 16.1. The standard InChI is InChI=1S/C59H40N2/c1-5-21-44(22-6-1)59(45-23-7-2-8-24-45)54-31-17-15-29-50(54)51-36-35-48(39-55(51)59)60(46-25-9-3-10-26-46)49-38-53(43-34-33-41-19-13-14-20-42(41)37-43)58-52-30-16-18-32-56(52)61(57(58)40-49)47-27-11-4-12-28-47/h1-40H. The minimum Gasteiger partial charge on any atom is -0.310 e. The van der Waals surface area contributed by atoms with Gasteiger partial charge in [-0.3, -0.25) is 0 Å². The number of rotatable bonds is 7. The second-order valence-corrected chi connectivity index (χ2v) is 16.1. The lowest BCUT2D eigenvalue weighted by molar-refractivity contribution is 0.768. The van der Waals surface area contributed by atoms with Gasteiger partial charge < -0.3 is 9.47 Å². The summed E-state index contributed by atoms with van der Waals surface area (Å²) in [7, 11) is 0. The largest absolute Gasteiger partial charge is 0.310 e. The molecule has 2 heteroatoms. The van der Waals surface area contributed by atoms with Crippen LogP contribution in [0, 0.1) is 0 Å². The van der Waals surface area contributed by atoms with Gasteiger partial charge in [0.15, 0.2) is 0 Å². The van der Waals surface area contributed by atoms with Gasteiger partial charge in [0.2, 0.25) is 0 Å². The molecule has 0 fully saturated rings. The summed E-state index contributed by atoms with van der Waals surface area (Å²) in [5, 5.41) is 4.92. The molecule has 0 saturated heterocycles. The van der Waals surface area contributed by atoms with Crippen LogP contribution in [0.4, 0.5) is 17.1 Å². The average molecular weight is 777 g/mol. The molecule has 0 radical (unpaired) electrons. The molecule has 1 aliphatic rings. The molecular formula is C59H40N2. The third-order valence-corrected chi connectivity index (χ3v) is 12.8. The summed E-state index contributed by atoms with van der Waals surface area (Å²) in [6.07, 6.45) is 0. The number of anilines is 3. The van der Waals surface area contributed by atoms with Gasteiger partial charge in [-0.05, 0) is 116 Å². The molecule has 12 rings (SSSR count). The Bertz CT molecular complexity index is 3360. The molecule has 0 unspecified atom stereocenters. The third kappa shape index (κ3) is 5.43. The molecule has 0 spiro atoms. The highest BCUT2D eigenvalue weighted by molar-refractivity contribution is 6.17. The third-order valence-electron chi connectivity index (χ3n) is 12.8. The molecule has 0 aliphatic heterocycles. The number of hydrogen-bond acceptors (Lipinski definition) is 1. The predicted octanol–water partition coefficient (Wildman–Crippen LogP) is 15.4. The molecule has 286 valence electrons. The Morgan fingerprint density at radius 2 is 0.951 bits per heavy atom. The van der Waals surface area contributed by atoms with Crippen molar-refractivity contribution in [2.45, 2.75) is 5.41 Å². The number of para-hydroxylation sites is 3. The summed E-state index contributed by atoms with van der Waals surface area (Å²) in [5.74, 6) is 0. The smallest absolute Gasteiger partial charge is 0.0714 e. The summed E-state index contributed by atoms with van der Waals surface area (Å²) in [6.45, 7) is 0. The van der Waals surface area contributed by atoms with Crippen molar-refractivity contribution < 1.29 is 0 Å². The summed E-state index contributed by atoms with van der Waals surface area (Å²) < 4.78 is 2.44. The normalized spacial score (nSPS) is 12.7. The van der Waals surface area contributed by atoms with E-state index in [4.69, 9.17) is 0 Å². The number of benzene rings is 10. The van der Waals surface area contributed by atoms with Gasteiger partial charge in [-0.1, -0.05) is 182 Å². The van der Waals surface area contributed by atoms with Crippen LogP contribution in [0.2, 0.25) is 0 Å². The van der Waals surface area contributed by atoms with E-state index in [0.717, 1.165) is 28.3 Å². The van der Waals surface area contributed by atoms with E-state index in [1.165, 1.54) is 71.6 Å². The molecule has 0 N–H and O–H groups in total. The maximum absolute atomic E-state index is 2.47. The average Bonchev–Trinajstić information content (AvgIpc) is 3.83. The van der Waals surface area contributed by atoms with Gasteiger partial charge in [0.1, 0.15) is 0 Å². The molecule has 0 saturated carbocycles. The molecular weight excluding hydrogens is 737 g/mol. The van der Waals surface area contributed by atoms with Gasteiger partial charge >= 0.3 is 0 Å². The fraction of sp³-hybridized carbons (Fsp3) is 0.0169. The lowest BCUT2D eigenvalue weighted by atomic mass is 9.67. The summed E-state index contributed by atoms with van der Waals surface area (Å²) in [5.41, 5.74) is 16.2. The van der Waals surface area contributed by atoms with Crippen LogP contribution in [-0.4, -0.2) is 4.57 Å². The highest BCUT2D eigenvalue weighted by Crippen LogP contribution is 2.57. The van der Waals surface area contributed by atoms with Crippen molar-refractivity contribution >= 4 is 49.6 Å². The molecule has 0 atom stereocenters. The fourth-order valence-corrected chi connectivity index (χ4v) is 10.2. The van der Waals surface area contributed by atoms with Crippen molar-refractivity contribution in [1.82, 2.24) is 4.57 Å². The second kappa shape index (κ2) is 14.1. The highest BCUT2D eigenvalue weighted by atomic mass is 15.1. The lowest BCUT2D eigenvalue weighted by Crippen LogP contribution is -2.28. The number of hydrogen-bond donors (Lipinski definition) is 0. The van der Waals surface area contributed by atoms with Crippen molar-refractivity contribution in [3.63, 3.8) is 0 Å². The van der Waals surface area contributed by atoms with Gasteiger partial charge in [0, 0.05) is 33.5 Å². The topological polar surface area (TPSA) is 8.17 Å². The molecule has 0 amide bonds. The molecule has 1 aromatic heterocycles. The van der Waals surface area contributed by atoms with Crippen molar-refractivity contribution in [2.24, 2.45) is 0 Å². The van der Waals surface area contributed by atoms with Crippen LogP contribution in [0.25, 0.3) is 60.5 Å². The quantitative estimate of drug-likeness (QED) is 0.156.